The molecule has 1 amide bonds. The molecule has 2 heterocycles. The van der Waals surface area contributed by atoms with Gasteiger partial charge in [-0.1, -0.05) is 18.2 Å². The van der Waals surface area contributed by atoms with E-state index in [-0.39, 0.29) is 18.5 Å². The summed E-state index contributed by atoms with van der Waals surface area (Å²) in [5, 5.41) is 14.4. The van der Waals surface area contributed by atoms with Crippen LogP contribution < -0.4 is 10.6 Å². The van der Waals surface area contributed by atoms with Gasteiger partial charge in [0.05, 0.1) is 12.6 Å². The van der Waals surface area contributed by atoms with Crippen molar-refractivity contribution >= 4 is 11.6 Å². The normalized spacial score (nSPS) is 14.5. The Labute approximate surface area is 123 Å². The minimum absolute atomic E-state index is 0.0540. The molecule has 0 fully saturated rings. The van der Waals surface area contributed by atoms with Crippen molar-refractivity contribution in [2.75, 3.05) is 11.9 Å². The summed E-state index contributed by atoms with van der Waals surface area (Å²) in [5.41, 5.74) is 0.934. The number of hydrogen-bond donors (Lipinski definition) is 2. The van der Waals surface area contributed by atoms with Crippen LogP contribution in [0, 0.1) is 0 Å². The number of aromatic nitrogens is 3. The zero-order valence-corrected chi connectivity index (χ0v) is 12.0. The van der Waals surface area contributed by atoms with Crippen LogP contribution in [0.5, 0.6) is 0 Å². The topological polar surface area (TPSA) is 71.8 Å². The zero-order chi connectivity index (χ0) is 14.7. The molecule has 0 saturated heterocycles. The Hall–Kier alpha value is -2.37. The van der Waals surface area contributed by atoms with Gasteiger partial charge in [-0.25, -0.2) is 0 Å². The largest absolute Gasteiger partial charge is 0.376 e. The summed E-state index contributed by atoms with van der Waals surface area (Å²) in [6, 6.07) is 9.54. The summed E-state index contributed by atoms with van der Waals surface area (Å²) in [6.07, 6.45) is 2.08. The van der Waals surface area contributed by atoms with E-state index >= 15 is 0 Å². The number of hydrogen-bond acceptors (Lipinski definition) is 4. The van der Waals surface area contributed by atoms with E-state index in [2.05, 4.69) is 25.4 Å². The number of nitrogens with one attached hydrogen (secondary N) is 2. The smallest absolute Gasteiger partial charge is 0.239 e. The fourth-order valence-electron chi connectivity index (χ4n) is 2.59. The van der Waals surface area contributed by atoms with Gasteiger partial charge < -0.3 is 15.2 Å². The molecule has 1 unspecified atom stereocenters. The quantitative estimate of drug-likeness (QED) is 0.873. The van der Waals surface area contributed by atoms with E-state index in [1.54, 1.807) is 0 Å². The van der Waals surface area contributed by atoms with Crippen LogP contribution in [0.2, 0.25) is 0 Å². The molecule has 0 bridgehead atoms. The minimum Gasteiger partial charge on any atom is -0.376 e. The van der Waals surface area contributed by atoms with Crippen molar-refractivity contribution in [2.45, 2.75) is 32.4 Å². The molecule has 2 N–H and O–H groups in total. The number of carbonyl (C=O) groups excluding carboxylic acids is 1. The monoisotopic (exact) mass is 285 g/mol. The van der Waals surface area contributed by atoms with Crippen molar-refractivity contribution in [1.29, 1.82) is 0 Å². The Morgan fingerprint density at radius 2 is 2.14 bits per heavy atom. The van der Waals surface area contributed by atoms with E-state index in [4.69, 9.17) is 0 Å². The second-order valence-electron chi connectivity index (χ2n) is 5.24. The molecule has 0 aliphatic carbocycles. The van der Waals surface area contributed by atoms with Crippen molar-refractivity contribution in [3.8, 4) is 0 Å². The maximum Gasteiger partial charge on any atom is 0.239 e. The SMILES string of the molecule is CC(NC(=O)CNc1ccccc1)c1nnc2n1CCC2. The fourth-order valence-corrected chi connectivity index (χ4v) is 2.59. The first kappa shape index (κ1) is 13.6. The van der Waals surface area contributed by atoms with Crippen molar-refractivity contribution in [1.82, 2.24) is 20.1 Å². The van der Waals surface area contributed by atoms with Crippen LogP contribution in [0.15, 0.2) is 30.3 Å². The van der Waals surface area contributed by atoms with Crippen molar-refractivity contribution in [3.63, 3.8) is 0 Å². The Morgan fingerprint density at radius 3 is 2.95 bits per heavy atom. The van der Waals surface area contributed by atoms with Gasteiger partial charge in [-0.3, -0.25) is 4.79 Å². The second kappa shape index (κ2) is 5.95. The maximum absolute atomic E-state index is 12.0. The first-order valence-corrected chi connectivity index (χ1v) is 7.24. The summed E-state index contributed by atoms with van der Waals surface area (Å²) in [7, 11) is 0. The molecule has 1 aromatic heterocycles. The van der Waals surface area contributed by atoms with Gasteiger partial charge in [-0.2, -0.15) is 0 Å². The van der Waals surface area contributed by atoms with Crippen LogP contribution >= 0.6 is 0 Å². The number of amides is 1. The standard InChI is InChI=1S/C15H19N5O/c1-11(15-19-18-13-8-5-9-20(13)15)17-14(21)10-16-12-6-3-2-4-7-12/h2-4,6-7,11,16H,5,8-10H2,1H3,(H,17,21). The predicted molar refractivity (Wildman–Crippen MR) is 79.8 cm³/mol. The third-order valence-corrected chi connectivity index (χ3v) is 3.63. The van der Waals surface area contributed by atoms with E-state index in [9.17, 15) is 4.79 Å². The average Bonchev–Trinajstić information content (AvgIpc) is 3.09. The highest BCUT2D eigenvalue weighted by Gasteiger charge is 2.22. The van der Waals surface area contributed by atoms with Crippen molar-refractivity contribution in [2.24, 2.45) is 0 Å². The number of aryl methyl sites for hydroxylation is 1. The van der Waals surface area contributed by atoms with E-state index in [1.165, 1.54) is 0 Å². The Bertz CT molecular complexity index is 622. The first-order valence-electron chi connectivity index (χ1n) is 7.24. The lowest BCUT2D eigenvalue weighted by Gasteiger charge is -2.14. The lowest BCUT2D eigenvalue weighted by Crippen LogP contribution is -2.33. The van der Waals surface area contributed by atoms with Gasteiger partial charge in [0.2, 0.25) is 5.91 Å². The number of anilines is 1. The molecule has 1 atom stereocenters. The lowest BCUT2D eigenvalue weighted by atomic mass is 10.3. The molecule has 0 saturated carbocycles. The lowest BCUT2D eigenvalue weighted by molar-refractivity contribution is -0.120. The summed E-state index contributed by atoms with van der Waals surface area (Å²) >= 11 is 0. The molecule has 6 heteroatoms. The van der Waals surface area contributed by atoms with Crippen molar-refractivity contribution in [3.05, 3.63) is 42.0 Å². The molecular weight excluding hydrogens is 266 g/mol. The van der Waals surface area contributed by atoms with Gasteiger partial charge in [0, 0.05) is 18.7 Å². The number of carbonyl (C=O) groups is 1. The van der Waals surface area contributed by atoms with Crippen molar-refractivity contribution < 1.29 is 4.79 Å². The zero-order valence-electron chi connectivity index (χ0n) is 12.0. The predicted octanol–water partition coefficient (Wildman–Crippen LogP) is 1.51. The molecule has 1 aliphatic heterocycles. The third kappa shape index (κ3) is 3.04. The van der Waals surface area contributed by atoms with Crippen LogP contribution in [-0.2, 0) is 17.8 Å². The van der Waals surface area contributed by atoms with Gasteiger partial charge in [0.15, 0.2) is 5.82 Å². The van der Waals surface area contributed by atoms with Crippen LogP contribution in [0.1, 0.15) is 31.0 Å². The number of fused-ring (bicyclic) bond motifs is 1. The molecule has 110 valence electrons. The van der Waals surface area contributed by atoms with E-state index < -0.39 is 0 Å². The summed E-state index contributed by atoms with van der Waals surface area (Å²) in [6.45, 7) is 3.13. The summed E-state index contributed by atoms with van der Waals surface area (Å²) in [4.78, 5) is 12.0. The van der Waals surface area contributed by atoms with Crippen LogP contribution in [0.3, 0.4) is 0 Å². The molecule has 0 spiro atoms. The third-order valence-electron chi connectivity index (χ3n) is 3.63. The minimum atomic E-state index is -0.130. The van der Waals surface area contributed by atoms with E-state index in [0.717, 1.165) is 36.7 Å². The molecule has 2 aromatic rings. The fraction of sp³-hybridized carbons (Fsp3) is 0.400. The van der Waals surface area contributed by atoms with E-state index in [1.807, 2.05) is 37.3 Å². The van der Waals surface area contributed by atoms with Crippen LogP contribution in [0.25, 0.3) is 0 Å². The highest BCUT2D eigenvalue weighted by molar-refractivity contribution is 5.80. The highest BCUT2D eigenvalue weighted by Crippen LogP contribution is 2.18. The highest BCUT2D eigenvalue weighted by atomic mass is 16.2. The molecule has 1 aliphatic rings. The molecule has 6 nitrogen and oxygen atoms in total. The second-order valence-corrected chi connectivity index (χ2v) is 5.24. The molecule has 21 heavy (non-hydrogen) atoms. The van der Waals surface area contributed by atoms with Gasteiger partial charge >= 0.3 is 0 Å². The molecular formula is C15H19N5O. The maximum atomic E-state index is 12.0. The van der Waals surface area contributed by atoms with Gasteiger partial charge in [0.1, 0.15) is 5.82 Å². The van der Waals surface area contributed by atoms with Gasteiger partial charge in [-0.15, -0.1) is 10.2 Å². The Balaban J connectivity index is 1.54. The average molecular weight is 285 g/mol. The first-order chi connectivity index (χ1) is 10.2. The molecule has 0 radical (unpaired) electrons. The molecule has 3 rings (SSSR count). The van der Waals surface area contributed by atoms with E-state index in [0.29, 0.717) is 0 Å². The number of para-hydroxylation sites is 1. The Kier molecular flexibility index (Phi) is 3.85. The van der Waals surface area contributed by atoms with Gasteiger partial charge in [-0.05, 0) is 25.5 Å². The van der Waals surface area contributed by atoms with Crippen LogP contribution in [-0.4, -0.2) is 27.2 Å². The summed E-state index contributed by atoms with van der Waals surface area (Å²) < 4.78 is 2.11. The molecule has 1 aromatic carbocycles. The van der Waals surface area contributed by atoms with Crippen LogP contribution in [0.4, 0.5) is 5.69 Å². The number of rotatable bonds is 5. The summed E-state index contributed by atoms with van der Waals surface area (Å²) in [5.74, 6) is 1.81. The van der Waals surface area contributed by atoms with Gasteiger partial charge in [0.25, 0.3) is 0 Å². The Morgan fingerprint density at radius 1 is 1.33 bits per heavy atom. The number of nitrogens with zero attached hydrogens (tertiary/aromatic N) is 3. The number of benzene rings is 1.